The monoisotopic (exact) mass is 243 g/mol. The minimum atomic E-state index is 0.691. The lowest BCUT2D eigenvalue weighted by molar-refractivity contribution is 0.419. The van der Waals surface area contributed by atoms with Crippen molar-refractivity contribution in [3.63, 3.8) is 0 Å². The molecule has 2 aliphatic rings. The summed E-state index contributed by atoms with van der Waals surface area (Å²) in [6.45, 7) is 3.55. The molecular formula is C17H25N. The van der Waals surface area contributed by atoms with Crippen molar-refractivity contribution in [2.45, 2.75) is 63.3 Å². The molecule has 0 aromatic heterocycles. The summed E-state index contributed by atoms with van der Waals surface area (Å²) in [5, 5.41) is 3.62. The van der Waals surface area contributed by atoms with Crippen LogP contribution in [-0.2, 0) is 0 Å². The van der Waals surface area contributed by atoms with Gasteiger partial charge in [-0.3, -0.25) is 0 Å². The Labute approximate surface area is 111 Å². The molecule has 0 aliphatic heterocycles. The Hall–Kier alpha value is -0.820. The standard InChI is InChI=1S/C17H25N/c1-13(10-11-18-17-8-9-17)15-6-3-7-16(12-15)14-4-2-5-14/h3,6-7,12-14,17-18H,2,4-5,8-11H2,1H3. The molecule has 3 rings (SSSR count). The van der Waals surface area contributed by atoms with Crippen LogP contribution in [0.3, 0.4) is 0 Å². The lowest BCUT2D eigenvalue weighted by Gasteiger charge is -2.26. The molecule has 1 aromatic rings. The Morgan fingerprint density at radius 3 is 2.72 bits per heavy atom. The predicted molar refractivity (Wildman–Crippen MR) is 77.1 cm³/mol. The minimum Gasteiger partial charge on any atom is -0.314 e. The van der Waals surface area contributed by atoms with E-state index in [0.29, 0.717) is 5.92 Å². The molecule has 1 atom stereocenters. The fourth-order valence-electron chi connectivity index (χ4n) is 2.82. The molecule has 0 spiro atoms. The van der Waals surface area contributed by atoms with Crippen LogP contribution in [-0.4, -0.2) is 12.6 Å². The van der Waals surface area contributed by atoms with Gasteiger partial charge in [0, 0.05) is 6.04 Å². The average Bonchev–Trinajstić information content (AvgIpc) is 3.11. The van der Waals surface area contributed by atoms with Crippen LogP contribution in [0.1, 0.15) is 68.4 Å². The zero-order valence-corrected chi connectivity index (χ0v) is 11.5. The van der Waals surface area contributed by atoms with Crippen molar-refractivity contribution in [1.82, 2.24) is 5.32 Å². The van der Waals surface area contributed by atoms with Crippen molar-refractivity contribution in [2.75, 3.05) is 6.54 Å². The molecule has 1 nitrogen and oxygen atoms in total. The van der Waals surface area contributed by atoms with E-state index in [0.717, 1.165) is 12.0 Å². The normalized spacial score (nSPS) is 21.6. The quantitative estimate of drug-likeness (QED) is 0.789. The Morgan fingerprint density at radius 1 is 1.22 bits per heavy atom. The van der Waals surface area contributed by atoms with E-state index < -0.39 is 0 Å². The van der Waals surface area contributed by atoms with Gasteiger partial charge in [0.05, 0.1) is 0 Å². The van der Waals surface area contributed by atoms with Crippen LogP contribution in [0.2, 0.25) is 0 Å². The van der Waals surface area contributed by atoms with Crippen molar-refractivity contribution in [1.29, 1.82) is 0 Å². The van der Waals surface area contributed by atoms with E-state index in [1.54, 1.807) is 5.56 Å². The maximum Gasteiger partial charge on any atom is 0.00682 e. The second-order valence-electron chi connectivity index (χ2n) is 6.22. The first-order valence-corrected chi connectivity index (χ1v) is 7.66. The highest BCUT2D eigenvalue weighted by molar-refractivity contribution is 5.29. The van der Waals surface area contributed by atoms with E-state index >= 15 is 0 Å². The van der Waals surface area contributed by atoms with Crippen molar-refractivity contribution >= 4 is 0 Å². The fourth-order valence-corrected chi connectivity index (χ4v) is 2.82. The summed E-state index contributed by atoms with van der Waals surface area (Å²) in [6.07, 6.45) is 8.29. The molecular weight excluding hydrogens is 218 g/mol. The van der Waals surface area contributed by atoms with Crippen molar-refractivity contribution in [2.24, 2.45) is 0 Å². The highest BCUT2D eigenvalue weighted by Crippen LogP contribution is 2.37. The Balaban J connectivity index is 1.55. The molecule has 1 heteroatoms. The molecule has 1 unspecified atom stereocenters. The zero-order chi connectivity index (χ0) is 12.4. The van der Waals surface area contributed by atoms with Gasteiger partial charge < -0.3 is 5.32 Å². The molecule has 2 aliphatic carbocycles. The predicted octanol–water partition coefficient (Wildman–Crippen LogP) is 4.20. The van der Waals surface area contributed by atoms with Crippen LogP contribution in [0, 0.1) is 0 Å². The van der Waals surface area contributed by atoms with Gasteiger partial charge in [0.25, 0.3) is 0 Å². The first-order chi connectivity index (χ1) is 8.83. The highest BCUT2D eigenvalue weighted by Gasteiger charge is 2.21. The Bertz CT molecular complexity index is 390. The number of hydrogen-bond acceptors (Lipinski definition) is 1. The molecule has 0 amide bonds. The Morgan fingerprint density at radius 2 is 2.06 bits per heavy atom. The third kappa shape index (κ3) is 2.95. The van der Waals surface area contributed by atoms with E-state index in [9.17, 15) is 0 Å². The van der Waals surface area contributed by atoms with Gasteiger partial charge >= 0.3 is 0 Å². The lowest BCUT2D eigenvalue weighted by Crippen LogP contribution is -2.19. The first-order valence-electron chi connectivity index (χ1n) is 7.66. The fraction of sp³-hybridized carbons (Fsp3) is 0.647. The SMILES string of the molecule is CC(CCNC1CC1)c1cccc(C2CCC2)c1. The maximum atomic E-state index is 3.62. The van der Waals surface area contributed by atoms with Crippen LogP contribution in [0.25, 0.3) is 0 Å². The second-order valence-corrected chi connectivity index (χ2v) is 6.22. The van der Waals surface area contributed by atoms with Gasteiger partial charge in [-0.1, -0.05) is 37.6 Å². The lowest BCUT2D eigenvalue weighted by atomic mass is 9.79. The molecule has 0 radical (unpaired) electrons. The molecule has 1 aromatic carbocycles. The van der Waals surface area contributed by atoms with Gasteiger partial charge in [0.15, 0.2) is 0 Å². The third-order valence-electron chi connectivity index (χ3n) is 4.64. The van der Waals surface area contributed by atoms with E-state index in [-0.39, 0.29) is 0 Å². The van der Waals surface area contributed by atoms with Gasteiger partial charge in [-0.15, -0.1) is 0 Å². The highest BCUT2D eigenvalue weighted by atomic mass is 14.9. The zero-order valence-electron chi connectivity index (χ0n) is 11.5. The van der Waals surface area contributed by atoms with Crippen LogP contribution >= 0.6 is 0 Å². The molecule has 18 heavy (non-hydrogen) atoms. The van der Waals surface area contributed by atoms with E-state index in [1.807, 2.05) is 0 Å². The van der Waals surface area contributed by atoms with Gasteiger partial charge in [-0.2, -0.15) is 0 Å². The smallest absolute Gasteiger partial charge is 0.00682 e. The summed E-state index contributed by atoms with van der Waals surface area (Å²) in [6, 6.07) is 10.2. The Kier molecular flexibility index (Phi) is 3.69. The second kappa shape index (κ2) is 5.44. The van der Waals surface area contributed by atoms with Crippen molar-refractivity contribution in [3.05, 3.63) is 35.4 Å². The van der Waals surface area contributed by atoms with Gasteiger partial charge in [0.2, 0.25) is 0 Å². The molecule has 2 saturated carbocycles. The van der Waals surface area contributed by atoms with Crippen LogP contribution in [0.15, 0.2) is 24.3 Å². The van der Waals surface area contributed by atoms with Crippen LogP contribution in [0.5, 0.6) is 0 Å². The molecule has 0 bridgehead atoms. The largest absolute Gasteiger partial charge is 0.314 e. The third-order valence-corrected chi connectivity index (χ3v) is 4.64. The van der Waals surface area contributed by atoms with E-state index in [4.69, 9.17) is 0 Å². The first kappa shape index (κ1) is 12.2. The summed E-state index contributed by atoms with van der Waals surface area (Å²) >= 11 is 0. The summed E-state index contributed by atoms with van der Waals surface area (Å²) in [5.41, 5.74) is 3.12. The minimum absolute atomic E-state index is 0.691. The number of benzene rings is 1. The molecule has 98 valence electrons. The van der Waals surface area contributed by atoms with Crippen LogP contribution in [0.4, 0.5) is 0 Å². The van der Waals surface area contributed by atoms with Crippen molar-refractivity contribution in [3.8, 4) is 0 Å². The van der Waals surface area contributed by atoms with Gasteiger partial charge in [-0.05, 0) is 61.6 Å². The summed E-state index contributed by atoms with van der Waals surface area (Å²) in [5.74, 6) is 1.55. The molecule has 2 fully saturated rings. The summed E-state index contributed by atoms with van der Waals surface area (Å²) in [7, 11) is 0. The summed E-state index contributed by atoms with van der Waals surface area (Å²) in [4.78, 5) is 0. The van der Waals surface area contributed by atoms with E-state index in [1.165, 1.54) is 50.6 Å². The van der Waals surface area contributed by atoms with Crippen molar-refractivity contribution < 1.29 is 0 Å². The average molecular weight is 243 g/mol. The maximum absolute atomic E-state index is 3.62. The number of rotatable bonds is 6. The van der Waals surface area contributed by atoms with Gasteiger partial charge in [0.1, 0.15) is 0 Å². The van der Waals surface area contributed by atoms with E-state index in [2.05, 4.69) is 36.5 Å². The molecule has 1 N–H and O–H groups in total. The number of nitrogens with one attached hydrogen (secondary N) is 1. The topological polar surface area (TPSA) is 12.0 Å². The van der Waals surface area contributed by atoms with Crippen LogP contribution < -0.4 is 5.32 Å². The molecule has 0 saturated heterocycles. The van der Waals surface area contributed by atoms with Gasteiger partial charge in [-0.25, -0.2) is 0 Å². The number of hydrogen-bond donors (Lipinski definition) is 1. The summed E-state index contributed by atoms with van der Waals surface area (Å²) < 4.78 is 0. The molecule has 0 heterocycles.